The van der Waals surface area contributed by atoms with Gasteiger partial charge in [0, 0.05) is 22.9 Å². The number of halogens is 1. The van der Waals surface area contributed by atoms with Gasteiger partial charge < -0.3 is 16.0 Å². The van der Waals surface area contributed by atoms with Crippen LogP contribution in [0.15, 0.2) is 28.9 Å². The van der Waals surface area contributed by atoms with Gasteiger partial charge in [-0.05, 0) is 24.6 Å². The summed E-state index contributed by atoms with van der Waals surface area (Å²) in [4.78, 5) is 18.6. The Labute approximate surface area is 131 Å². The fourth-order valence-electron chi connectivity index (χ4n) is 2.87. The summed E-state index contributed by atoms with van der Waals surface area (Å²) in [6.07, 6.45) is 2.41. The van der Waals surface area contributed by atoms with Crippen molar-refractivity contribution in [2.75, 3.05) is 23.7 Å². The van der Waals surface area contributed by atoms with E-state index in [2.05, 4.69) is 31.1 Å². The van der Waals surface area contributed by atoms with Crippen molar-refractivity contribution in [2.45, 2.75) is 19.4 Å². The number of carbonyl (C=O) groups is 1. The number of rotatable bonds is 2. The summed E-state index contributed by atoms with van der Waals surface area (Å²) < 4.78 is 0.971. The number of amides is 1. The third-order valence-electron chi connectivity index (χ3n) is 3.83. The number of nitrogens with two attached hydrogens (primary N) is 1. The molecule has 1 aliphatic rings. The zero-order chi connectivity index (χ0) is 15.0. The first-order valence-corrected chi connectivity index (χ1v) is 7.79. The predicted molar refractivity (Wildman–Crippen MR) is 88.3 cm³/mol. The Kier molecular flexibility index (Phi) is 3.71. The lowest BCUT2D eigenvalue weighted by molar-refractivity contribution is -0.123. The second-order valence-corrected chi connectivity index (χ2v) is 6.05. The van der Waals surface area contributed by atoms with Gasteiger partial charge in [0.05, 0.1) is 23.1 Å². The summed E-state index contributed by atoms with van der Waals surface area (Å²) in [5.74, 6) is 0.0584. The summed E-state index contributed by atoms with van der Waals surface area (Å²) >= 11 is 3.49. The van der Waals surface area contributed by atoms with Crippen LogP contribution in [0.2, 0.25) is 0 Å². The van der Waals surface area contributed by atoms with E-state index in [1.807, 2.05) is 25.1 Å². The maximum atomic E-state index is 12.1. The van der Waals surface area contributed by atoms with Crippen LogP contribution in [0.5, 0.6) is 0 Å². The molecule has 2 aromatic rings. The number of hydrogen-bond donors (Lipinski definition) is 2. The average Bonchev–Trinajstić information content (AvgIpc) is 2.47. The van der Waals surface area contributed by atoms with Crippen LogP contribution in [0.1, 0.15) is 13.3 Å². The number of piperazine rings is 1. The molecule has 6 heteroatoms. The molecule has 1 fully saturated rings. The molecule has 0 saturated carbocycles. The van der Waals surface area contributed by atoms with Crippen LogP contribution in [0.4, 0.5) is 11.4 Å². The van der Waals surface area contributed by atoms with E-state index in [4.69, 9.17) is 5.73 Å². The van der Waals surface area contributed by atoms with Gasteiger partial charge in [0.1, 0.15) is 6.04 Å². The van der Waals surface area contributed by atoms with Crippen LogP contribution < -0.4 is 16.0 Å². The van der Waals surface area contributed by atoms with Gasteiger partial charge >= 0.3 is 0 Å². The normalized spacial score (nSPS) is 18.9. The average molecular weight is 349 g/mol. The number of anilines is 2. The molecule has 0 aliphatic carbocycles. The Hall–Kier alpha value is -1.82. The first-order valence-electron chi connectivity index (χ1n) is 7.00. The molecular formula is C15H17BrN4O. The first-order chi connectivity index (χ1) is 10.1. The minimum atomic E-state index is -0.189. The number of hydrogen-bond acceptors (Lipinski definition) is 4. The maximum Gasteiger partial charge on any atom is 0.242 e. The topological polar surface area (TPSA) is 71.2 Å². The van der Waals surface area contributed by atoms with Crippen molar-refractivity contribution in [3.63, 3.8) is 0 Å². The molecule has 0 bridgehead atoms. The summed E-state index contributed by atoms with van der Waals surface area (Å²) in [7, 11) is 0. The minimum Gasteiger partial charge on any atom is -0.396 e. The number of nitrogens with zero attached hydrogens (tertiary/aromatic N) is 2. The Morgan fingerprint density at radius 2 is 2.33 bits per heavy atom. The van der Waals surface area contributed by atoms with E-state index >= 15 is 0 Å². The number of aromatic nitrogens is 1. The Balaban J connectivity index is 2.20. The zero-order valence-corrected chi connectivity index (χ0v) is 13.4. The van der Waals surface area contributed by atoms with Crippen molar-refractivity contribution in [1.29, 1.82) is 0 Å². The molecule has 3 N–H and O–H groups in total. The Bertz CT molecular complexity index is 698. The zero-order valence-electron chi connectivity index (χ0n) is 11.8. The van der Waals surface area contributed by atoms with E-state index in [0.717, 1.165) is 34.0 Å². The highest BCUT2D eigenvalue weighted by Crippen LogP contribution is 2.35. The van der Waals surface area contributed by atoms with Crippen molar-refractivity contribution < 1.29 is 4.79 Å². The second kappa shape index (κ2) is 5.52. The van der Waals surface area contributed by atoms with Gasteiger partial charge in [-0.15, -0.1) is 0 Å². The molecule has 1 atom stereocenters. The summed E-state index contributed by atoms with van der Waals surface area (Å²) in [6.45, 7) is 3.39. The van der Waals surface area contributed by atoms with E-state index < -0.39 is 0 Å². The molecule has 1 saturated heterocycles. The smallest absolute Gasteiger partial charge is 0.242 e. The number of fused-ring (bicyclic) bond motifs is 1. The number of nitrogens with one attached hydrogen (secondary N) is 1. The molecule has 2 heterocycles. The van der Waals surface area contributed by atoms with E-state index in [-0.39, 0.29) is 11.9 Å². The first kappa shape index (κ1) is 14.1. The van der Waals surface area contributed by atoms with Crippen LogP contribution in [-0.4, -0.2) is 30.0 Å². The molecule has 0 spiro atoms. The lowest BCUT2D eigenvalue weighted by Crippen LogP contribution is -2.55. The van der Waals surface area contributed by atoms with E-state index in [9.17, 15) is 4.79 Å². The highest BCUT2D eigenvalue weighted by atomic mass is 79.9. The third-order valence-corrected chi connectivity index (χ3v) is 4.33. The van der Waals surface area contributed by atoms with Crippen LogP contribution in [0.25, 0.3) is 10.9 Å². The maximum absolute atomic E-state index is 12.1. The van der Waals surface area contributed by atoms with Crippen molar-refractivity contribution in [1.82, 2.24) is 10.3 Å². The standard InChI is InChI=1S/C15H17BrN4O/c1-2-13-15(21)18-5-6-20(13)14-10-7-9(16)3-4-12(10)19-8-11(14)17/h3-4,7-8,13H,2,5-6,17H2,1H3,(H,18,21). The highest BCUT2D eigenvalue weighted by molar-refractivity contribution is 9.10. The monoisotopic (exact) mass is 348 g/mol. The fourth-order valence-corrected chi connectivity index (χ4v) is 3.24. The number of benzene rings is 1. The third kappa shape index (κ3) is 2.44. The van der Waals surface area contributed by atoms with Crippen molar-refractivity contribution >= 4 is 44.1 Å². The van der Waals surface area contributed by atoms with E-state index in [1.54, 1.807) is 6.20 Å². The van der Waals surface area contributed by atoms with E-state index in [0.29, 0.717) is 12.2 Å². The molecule has 0 radical (unpaired) electrons. The fraction of sp³-hybridized carbons (Fsp3) is 0.333. The van der Waals surface area contributed by atoms with Gasteiger partial charge in [0.25, 0.3) is 0 Å². The minimum absolute atomic E-state index is 0.0584. The largest absolute Gasteiger partial charge is 0.396 e. The SMILES string of the molecule is CCC1C(=O)NCCN1c1c(N)cnc2ccc(Br)cc12. The van der Waals surface area contributed by atoms with Crippen molar-refractivity contribution in [2.24, 2.45) is 0 Å². The Morgan fingerprint density at radius 1 is 1.52 bits per heavy atom. The number of pyridine rings is 1. The van der Waals surface area contributed by atoms with Crippen molar-refractivity contribution in [3.05, 3.63) is 28.9 Å². The summed E-state index contributed by atoms with van der Waals surface area (Å²) in [6, 6.07) is 5.72. The summed E-state index contributed by atoms with van der Waals surface area (Å²) in [5, 5.41) is 3.89. The highest BCUT2D eigenvalue weighted by Gasteiger charge is 2.30. The van der Waals surface area contributed by atoms with Gasteiger partial charge in [-0.1, -0.05) is 22.9 Å². The van der Waals surface area contributed by atoms with E-state index in [1.165, 1.54) is 0 Å². The lowest BCUT2D eigenvalue weighted by Gasteiger charge is -2.37. The lowest BCUT2D eigenvalue weighted by atomic mass is 10.1. The molecule has 1 aromatic carbocycles. The molecule has 3 rings (SSSR count). The van der Waals surface area contributed by atoms with Crippen LogP contribution in [0.3, 0.4) is 0 Å². The van der Waals surface area contributed by atoms with Gasteiger partial charge in [-0.2, -0.15) is 0 Å². The predicted octanol–water partition coefficient (Wildman–Crippen LogP) is 2.29. The quantitative estimate of drug-likeness (QED) is 0.873. The Morgan fingerprint density at radius 3 is 3.10 bits per heavy atom. The molecule has 1 unspecified atom stereocenters. The van der Waals surface area contributed by atoms with Gasteiger partial charge in [-0.25, -0.2) is 0 Å². The van der Waals surface area contributed by atoms with Crippen molar-refractivity contribution in [3.8, 4) is 0 Å². The molecule has 5 nitrogen and oxygen atoms in total. The van der Waals surface area contributed by atoms with Crippen LogP contribution >= 0.6 is 15.9 Å². The number of carbonyl (C=O) groups excluding carboxylic acids is 1. The van der Waals surface area contributed by atoms with Crippen LogP contribution in [0, 0.1) is 0 Å². The van der Waals surface area contributed by atoms with Gasteiger partial charge in [-0.3, -0.25) is 9.78 Å². The van der Waals surface area contributed by atoms with Gasteiger partial charge in [0.2, 0.25) is 5.91 Å². The number of nitrogen functional groups attached to an aromatic ring is 1. The summed E-state index contributed by atoms with van der Waals surface area (Å²) in [5.41, 5.74) is 8.57. The molecular weight excluding hydrogens is 332 g/mol. The molecule has 110 valence electrons. The molecule has 1 aliphatic heterocycles. The molecule has 21 heavy (non-hydrogen) atoms. The molecule has 1 aromatic heterocycles. The van der Waals surface area contributed by atoms with Gasteiger partial charge in [0.15, 0.2) is 0 Å². The molecule has 1 amide bonds. The van der Waals surface area contributed by atoms with Crippen LogP contribution in [-0.2, 0) is 4.79 Å². The second-order valence-electron chi connectivity index (χ2n) is 5.13.